The molecule has 1 heterocycles. The standard InChI is InChI=1S/C13H14Cl2N2/c1-8(6-7-16)9-2-4-11-10(13(9)15)3-5-12(14)17-11/h2-5,8H,6-7,16H2,1H3. The molecule has 0 amide bonds. The first-order valence-corrected chi connectivity index (χ1v) is 6.33. The van der Waals surface area contributed by atoms with Crippen LogP contribution in [-0.4, -0.2) is 11.5 Å². The largest absolute Gasteiger partial charge is 0.330 e. The van der Waals surface area contributed by atoms with Crippen LogP contribution >= 0.6 is 23.2 Å². The molecule has 0 bridgehead atoms. The zero-order valence-corrected chi connectivity index (χ0v) is 11.1. The lowest BCUT2D eigenvalue weighted by Crippen LogP contribution is -2.05. The van der Waals surface area contributed by atoms with Crippen LogP contribution in [0.4, 0.5) is 0 Å². The van der Waals surface area contributed by atoms with Gasteiger partial charge in [-0.1, -0.05) is 36.2 Å². The van der Waals surface area contributed by atoms with Crippen molar-refractivity contribution in [2.75, 3.05) is 6.54 Å². The van der Waals surface area contributed by atoms with Gasteiger partial charge in [-0.3, -0.25) is 0 Å². The summed E-state index contributed by atoms with van der Waals surface area (Å²) in [4.78, 5) is 4.24. The molecule has 2 rings (SSSR count). The Labute approximate surface area is 111 Å². The van der Waals surface area contributed by atoms with E-state index >= 15 is 0 Å². The quantitative estimate of drug-likeness (QED) is 0.855. The van der Waals surface area contributed by atoms with Crippen LogP contribution in [0.1, 0.15) is 24.8 Å². The Balaban J connectivity index is 2.54. The lowest BCUT2D eigenvalue weighted by molar-refractivity contribution is 0.691. The van der Waals surface area contributed by atoms with Crippen LogP contribution in [0.5, 0.6) is 0 Å². The Bertz CT molecular complexity index is 540. The molecule has 2 nitrogen and oxygen atoms in total. The number of nitrogens with zero attached hydrogens (tertiary/aromatic N) is 1. The smallest absolute Gasteiger partial charge is 0.129 e. The number of aromatic nitrogens is 1. The van der Waals surface area contributed by atoms with E-state index in [1.807, 2.05) is 18.2 Å². The van der Waals surface area contributed by atoms with Crippen molar-refractivity contribution in [3.63, 3.8) is 0 Å². The molecule has 0 saturated carbocycles. The molecule has 0 aliphatic rings. The summed E-state index contributed by atoms with van der Waals surface area (Å²) >= 11 is 12.3. The molecule has 1 unspecified atom stereocenters. The van der Waals surface area contributed by atoms with E-state index in [1.165, 1.54) is 0 Å². The van der Waals surface area contributed by atoms with Gasteiger partial charge in [0.15, 0.2) is 0 Å². The molecule has 2 aromatic rings. The van der Waals surface area contributed by atoms with Gasteiger partial charge >= 0.3 is 0 Å². The van der Waals surface area contributed by atoms with Crippen molar-refractivity contribution in [1.82, 2.24) is 4.98 Å². The van der Waals surface area contributed by atoms with Crippen molar-refractivity contribution in [3.8, 4) is 0 Å². The molecule has 0 spiro atoms. The maximum absolute atomic E-state index is 6.40. The van der Waals surface area contributed by atoms with Crippen LogP contribution in [0.25, 0.3) is 10.9 Å². The highest BCUT2D eigenvalue weighted by atomic mass is 35.5. The van der Waals surface area contributed by atoms with E-state index in [2.05, 4.69) is 11.9 Å². The number of rotatable bonds is 3. The van der Waals surface area contributed by atoms with Gasteiger partial charge in [0.2, 0.25) is 0 Å². The Morgan fingerprint density at radius 3 is 2.71 bits per heavy atom. The molecule has 2 N–H and O–H groups in total. The third-order valence-corrected chi connectivity index (χ3v) is 3.56. The molecule has 0 aliphatic carbocycles. The Kier molecular flexibility index (Phi) is 3.87. The van der Waals surface area contributed by atoms with Gasteiger partial charge in [0.1, 0.15) is 5.15 Å². The molecule has 0 aliphatic heterocycles. The zero-order chi connectivity index (χ0) is 12.4. The summed E-state index contributed by atoms with van der Waals surface area (Å²) in [6.07, 6.45) is 0.923. The van der Waals surface area contributed by atoms with Crippen LogP contribution in [0.2, 0.25) is 10.2 Å². The summed E-state index contributed by atoms with van der Waals surface area (Å²) < 4.78 is 0. The van der Waals surface area contributed by atoms with Gasteiger partial charge in [-0.15, -0.1) is 0 Å². The van der Waals surface area contributed by atoms with Crippen molar-refractivity contribution in [2.45, 2.75) is 19.3 Å². The Morgan fingerprint density at radius 1 is 1.24 bits per heavy atom. The minimum absolute atomic E-state index is 0.354. The highest BCUT2D eigenvalue weighted by Gasteiger charge is 2.12. The predicted molar refractivity (Wildman–Crippen MR) is 73.8 cm³/mol. The van der Waals surface area contributed by atoms with Crippen LogP contribution in [-0.2, 0) is 0 Å². The van der Waals surface area contributed by atoms with Gasteiger partial charge in [-0.2, -0.15) is 0 Å². The molecule has 4 heteroatoms. The minimum atomic E-state index is 0.354. The molecular weight excluding hydrogens is 255 g/mol. The normalized spacial score (nSPS) is 12.9. The number of nitrogens with two attached hydrogens (primary N) is 1. The summed E-state index contributed by atoms with van der Waals surface area (Å²) in [7, 11) is 0. The van der Waals surface area contributed by atoms with Crippen molar-refractivity contribution in [2.24, 2.45) is 5.73 Å². The SMILES string of the molecule is CC(CCN)c1ccc2nc(Cl)ccc2c1Cl. The van der Waals surface area contributed by atoms with Gasteiger partial charge in [0.25, 0.3) is 0 Å². The molecule has 1 atom stereocenters. The lowest BCUT2D eigenvalue weighted by Gasteiger charge is -2.14. The number of pyridine rings is 1. The lowest BCUT2D eigenvalue weighted by atomic mass is 9.96. The fourth-order valence-electron chi connectivity index (χ4n) is 1.95. The van der Waals surface area contributed by atoms with Crippen molar-refractivity contribution in [1.29, 1.82) is 0 Å². The van der Waals surface area contributed by atoms with E-state index in [-0.39, 0.29) is 0 Å². The summed E-state index contributed by atoms with van der Waals surface area (Å²) in [6.45, 7) is 2.79. The van der Waals surface area contributed by atoms with Crippen LogP contribution in [0.15, 0.2) is 24.3 Å². The Morgan fingerprint density at radius 2 is 2.00 bits per heavy atom. The highest BCUT2D eigenvalue weighted by Crippen LogP contribution is 2.32. The maximum Gasteiger partial charge on any atom is 0.129 e. The topological polar surface area (TPSA) is 38.9 Å². The number of hydrogen-bond donors (Lipinski definition) is 1. The van der Waals surface area contributed by atoms with E-state index in [4.69, 9.17) is 28.9 Å². The van der Waals surface area contributed by atoms with E-state index in [0.29, 0.717) is 17.6 Å². The third kappa shape index (κ3) is 2.54. The van der Waals surface area contributed by atoms with E-state index in [1.54, 1.807) is 6.07 Å². The van der Waals surface area contributed by atoms with Crippen molar-refractivity contribution >= 4 is 34.1 Å². The third-order valence-electron chi connectivity index (χ3n) is 2.93. The first kappa shape index (κ1) is 12.6. The first-order chi connectivity index (χ1) is 8.13. The fraction of sp³-hybridized carbons (Fsp3) is 0.308. The zero-order valence-electron chi connectivity index (χ0n) is 9.58. The fourth-order valence-corrected chi connectivity index (χ4v) is 2.51. The molecular formula is C13H14Cl2N2. The van der Waals surface area contributed by atoms with Crippen LogP contribution < -0.4 is 5.73 Å². The number of fused-ring (bicyclic) bond motifs is 1. The molecule has 17 heavy (non-hydrogen) atoms. The highest BCUT2D eigenvalue weighted by molar-refractivity contribution is 6.36. The molecule has 1 aromatic heterocycles. The molecule has 0 radical (unpaired) electrons. The Hall–Kier alpha value is -0.830. The molecule has 90 valence electrons. The average molecular weight is 269 g/mol. The van der Waals surface area contributed by atoms with Crippen molar-refractivity contribution in [3.05, 3.63) is 40.0 Å². The van der Waals surface area contributed by atoms with Gasteiger partial charge in [-0.05, 0) is 42.6 Å². The maximum atomic E-state index is 6.40. The van der Waals surface area contributed by atoms with E-state index in [9.17, 15) is 0 Å². The van der Waals surface area contributed by atoms with Crippen molar-refractivity contribution < 1.29 is 0 Å². The van der Waals surface area contributed by atoms with Crippen LogP contribution in [0, 0.1) is 0 Å². The summed E-state index contributed by atoms with van der Waals surface area (Å²) in [5.74, 6) is 0.354. The van der Waals surface area contributed by atoms with E-state index < -0.39 is 0 Å². The summed E-state index contributed by atoms with van der Waals surface area (Å²) in [5, 5.41) is 2.18. The number of benzene rings is 1. The second-order valence-corrected chi connectivity index (χ2v) is 4.91. The minimum Gasteiger partial charge on any atom is -0.330 e. The van der Waals surface area contributed by atoms with Gasteiger partial charge < -0.3 is 5.73 Å². The second kappa shape index (κ2) is 5.21. The molecule has 0 fully saturated rings. The second-order valence-electron chi connectivity index (χ2n) is 4.15. The van der Waals surface area contributed by atoms with Gasteiger partial charge in [0.05, 0.1) is 10.5 Å². The van der Waals surface area contributed by atoms with E-state index in [0.717, 1.165) is 27.9 Å². The van der Waals surface area contributed by atoms with Crippen LogP contribution in [0.3, 0.4) is 0 Å². The molecule has 1 aromatic carbocycles. The number of halogens is 2. The van der Waals surface area contributed by atoms with Gasteiger partial charge in [-0.25, -0.2) is 4.98 Å². The summed E-state index contributed by atoms with van der Waals surface area (Å²) in [6, 6.07) is 7.63. The summed E-state index contributed by atoms with van der Waals surface area (Å²) in [5.41, 5.74) is 7.52. The number of hydrogen-bond acceptors (Lipinski definition) is 2. The first-order valence-electron chi connectivity index (χ1n) is 5.58. The molecule has 0 saturated heterocycles. The average Bonchev–Trinajstić information content (AvgIpc) is 2.29. The predicted octanol–water partition coefficient (Wildman–Crippen LogP) is 3.99. The monoisotopic (exact) mass is 268 g/mol. The van der Waals surface area contributed by atoms with Gasteiger partial charge in [0, 0.05) is 5.39 Å².